The van der Waals surface area contributed by atoms with Gasteiger partial charge in [0.25, 0.3) is 0 Å². The summed E-state index contributed by atoms with van der Waals surface area (Å²) in [5.74, 6) is 1.16. The number of nitrogens with one attached hydrogen (secondary N) is 1. The molecular weight excluding hydrogens is 280 g/mol. The number of carbonyl (C=O) groups is 1. The SMILES string of the molecule is CC(NC1CCSc2ccc(Cl)cc21)C(=O)N(C)C. The minimum absolute atomic E-state index is 0.0989. The Balaban J connectivity index is 2.15. The molecular formula is C14H19ClN2OS. The quantitative estimate of drug-likeness (QED) is 0.931. The molecule has 1 aliphatic rings. The van der Waals surface area contributed by atoms with E-state index in [1.54, 1.807) is 19.0 Å². The smallest absolute Gasteiger partial charge is 0.238 e. The van der Waals surface area contributed by atoms with Crippen LogP contribution in [0.2, 0.25) is 5.02 Å². The van der Waals surface area contributed by atoms with Crippen LogP contribution in [-0.2, 0) is 4.79 Å². The van der Waals surface area contributed by atoms with E-state index in [4.69, 9.17) is 11.6 Å². The number of benzene rings is 1. The minimum Gasteiger partial charge on any atom is -0.347 e. The topological polar surface area (TPSA) is 32.3 Å². The van der Waals surface area contributed by atoms with E-state index < -0.39 is 0 Å². The van der Waals surface area contributed by atoms with Crippen molar-refractivity contribution in [2.75, 3.05) is 19.8 Å². The summed E-state index contributed by atoms with van der Waals surface area (Å²) >= 11 is 7.93. The van der Waals surface area contributed by atoms with Crippen LogP contribution in [-0.4, -0.2) is 36.7 Å². The van der Waals surface area contributed by atoms with Gasteiger partial charge in [-0.2, -0.15) is 0 Å². The van der Waals surface area contributed by atoms with Gasteiger partial charge in [0.15, 0.2) is 0 Å². The summed E-state index contributed by atoms with van der Waals surface area (Å²) in [5, 5.41) is 4.17. The van der Waals surface area contributed by atoms with Crippen LogP contribution >= 0.6 is 23.4 Å². The summed E-state index contributed by atoms with van der Waals surface area (Å²) in [5.41, 5.74) is 1.21. The van der Waals surface area contributed by atoms with Crippen LogP contribution in [0.15, 0.2) is 23.1 Å². The van der Waals surface area contributed by atoms with Crippen molar-refractivity contribution in [2.24, 2.45) is 0 Å². The second kappa shape index (κ2) is 6.16. The molecule has 5 heteroatoms. The minimum atomic E-state index is -0.185. The largest absolute Gasteiger partial charge is 0.347 e. The van der Waals surface area contributed by atoms with Crippen molar-refractivity contribution in [1.29, 1.82) is 0 Å². The lowest BCUT2D eigenvalue weighted by molar-refractivity contribution is -0.130. The summed E-state index contributed by atoms with van der Waals surface area (Å²) in [6.07, 6.45) is 1.02. The number of rotatable bonds is 3. The van der Waals surface area contributed by atoms with Gasteiger partial charge in [0.05, 0.1) is 6.04 Å². The summed E-state index contributed by atoms with van der Waals surface area (Å²) in [6, 6.07) is 6.01. The van der Waals surface area contributed by atoms with Crippen molar-refractivity contribution < 1.29 is 4.79 Å². The third-order valence-electron chi connectivity index (χ3n) is 3.27. The number of halogens is 1. The third kappa shape index (κ3) is 3.44. The first-order valence-corrected chi connectivity index (χ1v) is 7.75. The molecule has 19 heavy (non-hydrogen) atoms. The zero-order chi connectivity index (χ0) is 14.0. The fraction of sp³-hybridized carbons (Fsp3) is 0.500. The van der Waals surface area contributed by atoms with Gasteiger partial charge in [0, 0.05) is 30.1 Å². The van der Waals surface area contributed by atoms with Crippen LogP contribution in [0.25, 0.3) is 0 Å². The summed E-state index contributed by atoms with van der Waals surface area (Å²) in [6.45, 7) is 1.91. The zero-order valence-electron chi connectivity index (χ0n) is 11.4. The predicted octanol–water partition coefficient (Wildman–Crippen LogP) is 2.94. The molecule has 104 valence electrons. The van der Waals surface area contributed by atoms with Crippen LogP contribution in [0, 0.1) is 0 Å². The lowest BCUT2D eigenvalue weighted by Gasteiger charge is -2.29. The molecule has 2 atom stereocenters. The van der Waals surface area contributed by atoms with Crippen LogP contribution in [0.3, 0.4) is 0 Å². The van der Waals surface area contributed by atoms with Crippen LogP contribution in [0.4, 0.5) is 0 Å². The van der Waals surface area contributed by atoms with Crippen molar-refractivity contribution in [3.8, 4) is 0 Å². The van der Waals surface area contributed by atoms with E-state index in [0.29, 0.717) is 0 Å². The lowest BCUT2D eigenvalue weighted by Crippen LogP contribution is -2.43. The zero-order valence-corrected chi connectivity index (χ0v) is 13.0. The number of hydrogen-bond acceptors (Lipinski definition) is 3. The van der Waals surface area contributed by atoms with Gasteiger partial charge in [0.1, 0.15) is 0 Å². The van der Waals surface area contributed by atoms with E-state index in [1.807, 2.05) is 30.8 Å². The number of nitrogens with zero attached hydrogens (tertiary/aromatic N) is 1. The van der Waals surface area contributed by atoms with Crippen LogP contribution in [0.1, 0.15) is 24.9 Å². The number of likely N-dealkylation sites (N-methyl/N-ethyl adjacent to an activating group) is 1. The van der Waals surface area contributed by atoms with E-state index in [1.165, 1.54) is 10.5 Å². The van der Waals surface area contributed by atoms with Crippen molar-refractivity contribution in [3.05, 3.63) is 28.8 Å². The summed E-state index contributed by atoms with van der Waals surface area (Å²) in [4.78, 5) is 14.8. The summed E-state index contributed by atoms with van der Waals surface area (Å²) < 4.78 is 0. The Kier molecular flexibility index (Phi) is 4.76. The molecule has 0 spiro atoms. The monoisotopic (exact) mass is 298 g/mol. The van der Waals surface area contributed by atoms with E-state index in [9.17, 15) is 4.79 Å². The maximum atomic E-state index is 11.9. The highest BCUT2D eigenvalue weighted by Gasteiger charge is 2.25. The number of fused-ring (bicyclic) bond motifs is 1. The first kappa shape index (κ1) is 14.7. The van der Waals surface area contributed by atoms with Gasteiger partial charge in [0.2, 0.25) is 5.91 Å². The molecule has 1 aromatic rings. The lowest BCUT2D eigenvalue weighted by atomic mass is 10.0. The molecule has 0 saturated heterocycles. The second-order valence-corrected chi connectivity index (χ2v) is 6.57. The number of amides is 1. The Labute approximate surface area is 123 Å². The van der Waals surface area contributed by atoms with Crippen molar-refractivity contribution in [2.45, 2.75) is 30.3 Å². The molecule has 2 unspecified atom stereocenters. The molecule has 1 N–H and O–H groups in total. The molecule has 0 fully saturated rings. The molecule has 0 aliphatic carbocycles. The molecule has 1 amide bonds. The van der Waals surface area contributed by atoms with Gasteiger partial charge in [-0.3, -0.25) is 10.1 Å². The number of carbonyl (C=O) groups excluding carboxylic acids is 1. The van der Waals surface area contributed by atoms with Crippen molar-refractivity contribution in [3.63, 3.8) is 0 Å². The molecule has 0 radical (unpaired) electrons. The second-order valence-electron chi connectivity index (χ2n) is 4.99. The number of thioether (sulfide) groups is 1. The van der Waals surface area contributed by atoms with Gasteiger partial charge >= 0.3 is 0 Å². The first-order valence-electron chi connectivity index (χ1n) is 6.38. The van der Waals surface area contributed by atoms with E-state index >= 15 is 0 Å². The van der Waals surface area contributed by atoms with Crippen molar-refractivity contribution in [1.82, 2.24) is 10.2 Å². The molecule has 1 aliphatic heterocycles. The maximum absolute atomic E-state index is 11.9. The highest BCUT2D eigenvalue weighted by Crippen LogP contribution is 2.37. The maximum Gasteiger partial charge on any atom is 0.238 e. The molecule has 0 saturated carbocycles. The highest BCUT2D eigenvalue weighted by atomic mass is 35.5. The average Bonchev–Trinajstić information content (AvgIpc) is 2.38. The predicted molar refractivity (Wildman–Crippen MR) is 80.8 cm³/mol. The molecule has 0 aromatic heterocycles. The average molecular weight is 299 g/mol. The Morgan fingerprint density at radius 2 is 2.26 bits per heavy atom. The highest BCUT2D eigenvalue weighted by molar-refractivity contribution is 7.99. The third-order valence-corrected chi connectivity index (χ3v) is 4.63. The molecule has 3 nitrogen and oxygen atoms in total. The Hall–Kier alpha value is -0.710. The summed E-state index contributed by atoms with van der Waals surface area (Å²) in [7, 11) is 3.56. The van der Waals surface area contributed by atoms with E-state index in [-0.39, 0.29) is 18.0 Å². The van der Waals surface area contributed by atoms with Gasteiger partial charge in [-0.15, -0.1) is 11.8 Å². The van der Waals surface area contributed by atoms with Gasteiger partial charge in [-0.05, 0) is 42.9 Å². The fourth-order valence-corrected chi connectivity index (χ4v) is 3.58. The van der Waals surface area contributed by atoms with Crippen molar-refractivity contribution >= 4 is 29.3 Å². The fourth-order valence-electron chi connectivity index (χ4n) is 2.30. The molecule has 2 rings (SSSR count). The molecule has 0 bridgehead atoms. The van der Waals surface area contributed by atoms with E-state index in [0.717, 1.165) is 17.2 Å². The number of hydrogen-bond donors (Lipinski definition) is 1. The Morgan fingerprint density at radius 3 is 2.95 bits per heavy atom. The molecule has 1 aromatic carbocycles. The standard InChI is InChI=1S/C14H19ClN2OS/c1-9(14(18)17(2)3)16-12-6-7-19-13-5-4-10(15)8-11(12)13/h4-5,8-9,12,16H,6-7H2,1-3H3. The normalized spacial score (nSPS) is 19.7. The van der Waals surface area contributed by atoms with Crippen LogP contribution in [0.5, 0.6) is 0 Å². The Morgan fingerprint density at radius 1 is 1.53 bits per heavy atom. The van der Waals surface area contributed by atoms with Crippen LogP contribution < -0.4 is 5.32 Å². The van der Waals surface area contributed by atoms with Gasteiger partial charge in [-0.1, -0.05) is 11.6 Å². The van der Waals surface area contributed by atoms with E-state index in [2.05, 4.69) is 11.4 Å². The first-order chi connectivity index (χ1) is 8.99. The van der Waals surface area contributed by atoms with Gasteiger partial charge < -0.3 is 4.90 Å². The molecule has 1 heterocycles. The Bertz CT molecular complexity index is 479. The van der Waals surface area contributed by atoms with Gasteiger partial charge in [-0.25, -0.2) is 0 Å².